The van der Waals surface area contributed by atoms with Crippen molar-refractivity contribution in [3.05, 3.63) is 82.4 Å². The second-order valence-electron chi connectivity index (χ2n) is 7.06. The predicted octanol–water partition coefficient (Wildman–Crippen LogP) is 5.36. The summed E-state index contributed by atoms with van der Waals surface area (Å²) in [7, 11) is 1.29. The summed E-state index contributed by atoms with van der Waals surface area (Å²) in [6.45, 7) is 2.17. The number of methoxy groups -OCH3 is 1. The molecule has 0 saturated heterocycles. The van der Waals surface area contributed by atoms with E-state index in [1.807, 2.05) is 42.5 Å². The summed E-state index contributed by atoms with van der Waals surface area (Å²) in [6.07, 6.45) is 0. The molecule has 0 aliphatic carbocycles. The van der Waals surface area contributed by atoms with Gasteiger partial charge in [-0.05, 0) is 30.3 Å². The van der Waals surface area contributed by atoms with E-state index in [-0.39, 0.29) is 11.3 Å². The lowest BCUT2D eigenvalue weighted by atomic mass is 10.1. The van der Waals surface area contributed by atoms with Crippen LogP contribution in [-0.4, -0.2) is 19.0 Å². The number of halogens is 1. The van der Waals surface area contributed by atoms with E-state index in [9.17, 15) is 9.59 Å². The highest BCUT2D eigenvalue weighted by molar-refractivity contribution is 6.31. The van der Waals surface area contributed by atoms with Gasteiger partial charge in [0.25, 0.3) is 0 Å². The van der Waals surface area contributed by atoms with Crippen molar-refractivity contribution in [2.75, 3.05) is 12.0 Å². The summed E-state index contributed by atoms with van der Waals surface area (Å²) >= 11 is 6.28. The Hall–Kier alpha value is -3.51. The average molecular weight is 438 g/mol. The molecular weight excluding hydrogens is 418 g/mol. The van der Waals surface area contributed by atoms with Crippen molar-refractivity contribution in [3.63, 3.8) is 0 Å². The van der Waals surface area contributed by atoms with Crippen LogP contribution in [-0.2, 0) is 22.6 Å². The molecule has 6 nitrogen and oxygen atoms in total. The summed E-state index contributed by atoms with van der Waals surface area (Å²) in [5.74, 6) is 0.505. The van der Waals surface area contributed by atoms with Crippen LogP contribution >= 0.6 is 11.6 Å². The molecule has 0 unspecified atom stereocenters. The van der Waals surface area contributed by atoms with Crippen LogP contribution in [0.4, 0.5) is 5.69 Å². The van der Waals surface area contributed by atoms with E-state index in [1.54, 1.807) is 18.2 Å². The minimum Gasteiger partial charge on any atom is -0.465 e. The molecule has 0 aromatic heterocycles. The first-order valence-corrected chi connectivity index (χ1v) is 10.0. The molecule has 1 aliphatic heterocycles. The summed E-state index contributed by atoms with van der Waals surface area (Å²) in [5.41, 5.74) is 2.63. The van der Waals surface area contributed by atoms with Crippen LogP contribution in [0.25, 0.3) is 0 Å². The zero-order valence-corrected chi connectivity index (χ0v) is 17.8. The molecule has 1 aliphatic rings. The number of para-hydroxylation sites is 2. The van der Waals surface area contributed by atoms with Crippen LogP contribution in [0.3, 0.4) is 0 Å². The maximum Gasteiger partial charge on any atom is 0.341 e. The van der Waals surface area contributed by atoms with Crippen molar-refractivity contribution < 1.29 is 23.8 Å². The van der Waals surface area contributed by atoms with E-state index in [0.717, 1.165) is 17.0 Å². The third-order valence-electron chi connectivity index (χ3n) is 4.92. The van der Waals surface area contributed by atoms with Crippen molar-refractivity contribution >= 4 is 29.2 Å². The van der Waals surface area contributed by atoms with Gasteiger partial charge in [0, 0.05) is 36.2 Å². The molecule has 4 rings (SSSR count). The van der Waals surface area contributed by atoms with Gasteiger partial charge in [0.1, 0.15) is 17.1 Å². The van der Waals surface area contributed by atoms with Crippen LogP contribution in [0.1, 0.15) is 28.4 Å². The number of hydrogen-bond acceptors (Lipinski definition) is 6. The first kappa shape index (κ1) is 20.8. The van der Waals surface area contributed by atoms with Crippen molar-refractivity contribution in [2.24, 2.45) is 0 Å². The number of carbonyl (C=O) groups is 2. The minimum atomic E-state index is -0.578. The van der Waals surface area contributed by atoms with Gasteiger partial charge in [0.2, 0.25) is 0 Å². The molecule has 3 aromatic rings. The Morgan fingerprint density at radius 2 is 1.87 bits per heavy atom. The van der Waals surface area contributed by atoms with Crippen molar-refractivity contribution in [1.29, 1.82) is 0 Å². The summed E-state index contributed by atoms with van der Waals surface area (Å²) < 4.78 is 16.4. The Bertz CT molecular complexity index is 1160. The number of hydrogen-bond donors (Lipinski definition) is 0. The molecule has 0 N–H and O–H groups in total. The van der Waals surface area contributed by atoms with Gasteiger partial charge in [0.15, 0.2) is 5.75 Å². The molecule has 158 valence electrons. The number of benzene rings is 3. The van der Waals surface area contributed by atoms with Gasteiger partial charge in [-0.15, -0.1) is 0 Å². The van der Waals surface area contributed by atoms with Crippen molar-refractivity contribution in [2.45, 2.75) is 20.0 Å². The van der Waals surface area contributed by atoms with Gasteiger partial charge in [-0.3, -0.25) is 4.79 Å². The Morgan fingerprint density at radius 1 is 1.06 bits per heavy atom. The first-order valence-electron chi connectivity index (χ1n) is 9.65. The number of fused-ring (bicyclic) bond motifs is 2. The average Bonchev–Trinajstić information content (AvgIpc) is 2.90. The number of esters is 2. The standard InChI is InChI=1S/C24H20ClNO5/c1-15(27)30-23-17(7-5-8-19(23)24(28)29-2)14-26-13-16-6-3-4-9-21(16)31-22-11-10-18(25)12-20(22)26/h3-12H,13-14H2,1-2H3. The fourth-order valence-corrected chi connectivity index (χ4v) is 3.72. The van der Waals surface area contributed by atoms with Gasteiger partial charge >= 0.3 is 11.9 Å². The lowest BCUT2D eigenvalue weighted by molar-refractivity contribution is -0.131. The highest BCUT2D eigenvalue weighted by atomic mass is 35.5. The molecule has 31 heavy (non-hydrogen) atoms. The van der Waals surface area contributed by atoms with Gasteiger partial charge in [-0.1, -0.05) is 41.9 Å². The lowest BCUT2D eigenvalue weighted by Gasteiger charge is -2.25. The Morgan fingerprint density at radius 3 is 2.65 bits per heavy atom. The van der Waals surface area contributed by atoms with Crippen LogP contribution in [0, 0.1) is 0 Å². The van der Waals surface area contributed by atoms with Gasteiger partial charge in [-0.25, -0.2) is 4.79 Å². The number of ether oxygens (including phenoxy) is 3. The number of nitrogens with zero attached hydrogens (tertiary/aromatic N) is 1. The highest BCUT2D eigenvalue weighted by Crippen LogP contribution is 2.41. The molecule has 0 atom stereocenters. The molecule has 0 bridgehead atoms. The number of anilines is 1. The van der Waals surface area contributed by atoms with Gasteiger partial charge in [0.05, 0.1) is 12.8 Å². The summed E-state index contributed by atoms with van der Waals surface area (Å²) in [5, 5.41) is 0.571. The molecule has 7 heteroatoms. The zero-order chi connectivity index (χ0) is 22.0. The second kappa shape index (κ2) is 8.70. The van der Waals surface area contributed by atoms with E-state index >= 15 is 0 Å². The Labute approximate surface area is 184 Å². The van der Waals surface area contributed by atoms with Crippen molar-refractivity contribution in [1.82, 2.24) is 0 Å². The zero-order valence-electron chi connectivity index (χ0n) is 17.1. The minimum absolute atomic E-state index is 0.184. The van der Waals surface area contributed by atoms with E-state index in [2.05, 4.69) is 4.90 Å². The molecule has 0 radical (unpaired) electrons. The first-order chi connectivity index (χ1) is 15.0. The van der Waals surface area contributed by atoms with Crippen LogP contribution < -0.4 is 14.4 Å². The maximum absolute atomic E-state index is 12.3. The number of rotatable bonds is 4. The van der Waals surface area contributed by atoms with Crippen LogP contribution in [0.5, 0.6) is 17.2 Å². The lowest BCUT2D eigenvalue weighted by Crippen LogP contribution is -2.23. The summed E-state index contributed by atoms with van der Waals surface area (Å²) in [6, 6.07) is 18.3. The van der Waals surface area contributed by atoms with Crippen LogP contribution in [0.2, 0.25) is 5.02 Å². The van der Waals surface area contributed by atoms with E-state index in [4.69, 9.17) is 25.8 Å². The molecule has 0 spiro atoms. The SMILES string of the molecule is COC(=O)c1cccc(CN2Cc3ccccc3Oc3ccc(Cl)cc32)c1OC(C)=O. The topological polar surface area (TPSA) is 65.1 Å². The quantitative estimate of drug-likeness (QED) is 0.404. The normalized spacial score (nSPS) is 12.2. The van der Waals surface area contributed by atoms with Crippen molar-refractivity contribution in [3.8, 4) is 17.2 Å². The highest BCUT2D eigenvalue weighted by Gasteiger charge is 2.24. The molecular formula is C24H20ClNO5. The van der Waals surface area contributed by atoms with E-state index in [1.165, 1.54) is 14.0 Å². The smallest absolute Gasteiger partial charge is 0.341 e. The monoisotopic (exact) mass is 437 g/mol. The predicted molar refractivity (Wildman–Crippen MR) is 117 cm³/mol. The molecule has 3 aromatic carbocycles. The number of carbonyl (C=O) groups excluding carboxylic acids is 2. The molecule has 0 saturated carbocycles. The Kier molecular flexibility index (Phi) is 5.82. The summed E-state index contributed by atoms with van der Waals surface area (Å²) in [4.78, 5) is 26.1. The van der Waals surface area contributed by atoms with E-state index in [0.29, 0.717) is 29.4 Å². The fraction of sp³-hybridized carbons (Fsp3) is 0.167. The van der Waals surface area contributed by atoms with Gasteiger partial charge < -0.3 is 19.1 Å². The second-order valence-corrected chi connectivity index (χ2v) is 7.49. The maximum atomic E-state index is 12.3. The molecule has 0 amide bonds. The molecule has 0 fully saturated rings. The van der Waals surface area contributed by atoms with Crippen LogP contribution in [0.15, 0.2) is 60.7 Å². The largest absolute Gasteiger partial charge is 0.465 e. The molecule has 1 heterocycles. The third kappa shape index (κ3) is 4.34. The van der Waals surface area contributed by atoms with Gasteiger partial charge in [-0.2, -0.15) is 0 Å². The fourth-order valence-electron chi connectivity index (χ4n) is 3.56. The van der Waals surface area contributed by atoms with E-state index < -0.39 is 11.9 Å². The Balaban J connectivity index is 1.81. The third-order valence-corrected chi connectivity index (χ3v) is 5.16.